The molecule has 37 heavy (non-hydrogen) atoms. The third-order valence-electron chi connectivity index (χ3n) is 7.39. The number of fused-ring (bicyclic) bond motifs is 3. The van der Waals surface area contributed by atoms with Gasteiger partial charge in [-0.2, -0.15) is 0 Å². The Bertz CT molecular complexity index is 1040. The molecular weight excluding hydrogens is 470 g/mol. The number of carbonyl (C=O) groups is 2. The van der Waals surface area contributed by atoms with E-state index in [2.05, 4.69) is 33.4 Å². The van der Waals surface area contributed by atoms with Crippen LogP contribution in [0.2, 0.25) is 0 Å². The highest BCUT2D eigenvalue weighted by atomic mass is 16.5. The molecule has 1 aliphatic heterocycles. The Morgan fingerprint density at radius 2 is 2.03 bits per heavy atom. The average Bonchev–Trinajstić information content (AvgIpc) is 2.80. The number of nitrogens with two attached hydrogens (primary N) is 1. The van der Waals surface area contributed by atoms with Gasteiger partial charge in [-0.15, -0.1) is 0 Å². The van der Waals surface area contributed by atoms with E-state index in [0.717, 1.165) is 19.3 Å². The first kappa shape index (κ1) is 28.8. The number of hydrogen-bond donors (Lipinski definition) is 2. The van der Waals surface area contributed by atoms with E-state index in [-0.39, 0.29) is 41.8 Å². The minimum absolute atomic E-state index is 0.000549. The summed E-state index contributed by atoms with van der Waals surface area (Å²) in [5, 5.41) is 10.8. The number of allylic oxidation sites excluding steroid dienone is 3. The molecule has 2 aliphatic rings. The number of aromatic hydroxyl groups is 1. The second kappa shape index (κ2) is 12.2. The van der Waals surface area contributed by atoms with Gasteiger partial charge in [0.1, 0.15) is 23.0 Å². The quantitative estimate of drug-likeness (QED) is 0.162. The lowest BCUT2D eigenvalue weighted by molar-refractivity contribution is -0.146. The molecule has 0 spiro atoms. The first-order valence-corrected chi connectivity index (χ1v) is 13.4. The van der Waals surface area contributed by atoms with Gasteiger partial charge in [0.15, 0.2) is 0 Å². The van der Waals surface area contributed by atoms with Crippen molar-refractivity contribution < 1.29 is 28.9 Å². The van der Waals surface area contributed by atoms with Crippen molar-refractivity contribution in [3.8, 4) is 17.2 Å². The predicted molar refractivity (Wildman–Crippen MR) is 143 cm³/mol. The highest BCUT2D eigenvalue weighted by molar-refractivity contribution is 5.78. The first-order valence-electron chi connectivity index (χ1n) is 13.4. The molecule has 1 aromatic rings. The molecule has 0 aromatic heterocycles. The fraction of sp³-hybridized carbons (Fsp3) is 0.600. The largest absolute Gasteiger partial charge is 0.507 e. The normalized spacial score (nSPS) is 19.9. The Morgan fingerprint density at radius 1 is 1.30 bits per heavy atom. The highest BCUT2D eigenvalue weighted by Crippen LogP contribution is 2.52. The summed E-state index contributed by atoms with van der Waals surface area (Å²) in [5.41, 5.74) is 6.95. The molecule has 0 radical (unpaired) electrons. The highest BCUT2D eigenvalue weighted by Gasteiger charge is 2.37. The summed E-state index contributed by atoms with van der Waals surface area (Å²) in [4.78, 5) is 25.1. The van der Waals surface area contributed by atoms with Crippen LogP contribution >= 0.6 is 0 Å². The smallest absolute Gasteiger partial charge is 0.316 e. The monoisotopic (exact) mass is 513 g/mol. The standard InChI is InChI=1S/C30H43NO6/c1-18(2)12-21(17-31)14-27(33)35-11-7-10-30(5,6)29(34)37-22-15-25(32)28-24-13-19(3)8-9-23(24)20(4)36-26(28)16-22/h13,15-16,18,21,23-24,32H,4,7-12,14,17,31H2,1-3,5-6H3/t21-,23-,24+/m0/s1. The van der Waals surface area contributed by atoms with E-state index < -0.39 is 11.4 Å². The van der Waals surface area contributed by atoms with Crippen LogP contribution in [0.3, 0.4) is 0 Å². The summed E-state index contributed by atoms with van der Waals surface area (Å²) in [5.74, 6) is 1.44. The predicted octanol–water partition coefficient (Wildman–Crippen LogP) is 6.00. The minimum atomic E-state index is -0.811. The second-order valence-corrected chi connectivity index (χ2v) is 11.6. The number of rotatable bonds is 11. The molecule has 7 heteroatoms. The molecule has 1 aliphatic carbocycles. The van der Waals surface area contributed by atoms with Crippen LogP contribution in [0, 0.1) is 23.2 Å². The van der Waals surface area contributed by atoms with Gasteiger partial charge in [-0.05, 0) is 71.3 Å². The number of phenols is 1. The van der Waals surface area contributed by atoms with Crippen molar-refractivity contribution in [2.75, 3.05) is 13.2 Å². The van der Waals surface area contributed by atoms with Crippen LogP contribution in [0.5, 0.6) is 17.2 Å². The van der Waals surface area contributed by atoms with Crippen molar-refractivity contribution in [2.24, 2.45) is 28.9 Å². The maximum Gasteiger partial charge on any atom is 0.316 e. The molecule has 0 fully saturated rings. The molecule has 0 saturated carbocycles. The molecule has 1 heterocycles. The van der Waals surface area contributed by atoms with Gasteiger partial charge in [0, 0.05) is 36.0 Å². The number of phenolic OH excluding ortho intramolecular Hbond substituents is 1. The minimum Gasteiger partial charge on any atom is -0.507 e. The first-order chi connectivity index (χ1) is 17.4. The van der Waals surface area contributed by atoms with E-state index in [9.17, 15) is 14.7 Å². The van der Waals surface area contributed by atoms with E-state index in [4.69, 9.17) is 19.9 Å². The third kappa shape index (κ3) is 7.37. The van der Waals surface area contributed by atoms with Gasteiger partial charge >= 0.3 is 11.9 Å². The number of esters is 2. The Labute approximate surface area is 221 Å². The van der Waals surface area contributed by atoms with Crippen molar-refractivity contribution in [1.29, 1.82) is 0 Å². The summed E-state index contributed by atoms with van der Waals surface area (Å²) >= 11 is 0. The van der Waals surface area contributed by atoms with Crippen LogP contribution in [0.4, 0.5) is 0 Å². The van der Waals surface area contributed by atoms with Gasteiger partial charge in [-0.3, -0.25) is 9.59 Å². The molecular formula is C30H43NO6. The number of carbonyl (C=O) groups excluding carboxylic acids is 2. The van der Waals surface area contributed by atoms with Crippen LogP contribution in [0.25, 0.3) is 0 Å². The van der Waals surface area contributed by atoms with E-state index in [0.29, 0.717) is 48.8 Å². The Balaban J connectivity index is 1.56. The molecule has 3 atom stereocenters. The van der Waals surface area contributed by atoms with Crippen LogP contribution in [-0.4, -0.2) is 30.2 Å². The maximum absolute atomic E-state index is 13.0. The molecule has 3 rings (SSSR count). The Morgan fingerprint density at radius 3 is 2.70 bits per heavy atom. The van der Waals surface area contributed by atoms with Gasteiger partial charge in [0.2, 0.25) is 0 Å². The molecule has 1 aromatic carbocycles. The summed E-state index contributed by atoms with van der Waals surface area (Å²) < 4.78 is 17.0. The van der Waals surface area contributed by atoms with Crippen molar-refractivity contribution in [2.45, 2.75) is 79.1 Å². The van der Waals surface area contributed by atoms with Crippen LogP contribution in [0.1, 0.15) is 84.6 Å². The second-order valence-electron chi connectivity index (χ2n) is 11.6. The van der Waals surface area contributed by atoms with Crippen molar-refractivity contribution >= 4 is 11.9 Å². The van der Waals surface area contributed by atoms with E-state index >= 15 is 0 Å². The summed E-state index contributed by atoms with van der Waals surface area (Å²) in [6.07, 6.45) is 6.28. The van der Waals surface area contributed by atoms with Gasteiger partial charge in [-0.1, -0.05) is 32.1 Å². The van der Waals surface area contributed by atoms with Gasteiger partial charge in [0.25, 0.3) is 0 Å². The van der Waals surface area contributed by atoms with E-state index in [1.807, 2.05) is 0 Å². The third-order valence-corrected chi connectivity index (χ3v) is 7.39. The molecule has 0 bridgehead atoms. The topological polar surface area (TPSA) is 108 Å². The molecule has 0 amide bonds. The van der Waals surface area contributed by atoms with Crippen LogP contribution in [0.15, 0.2) is 36.1 Å². The zero-order valence-electron chi connectivity index (χ0n) is 23.0. The summed E-state index contributed by atoms with van der Waals surface area (Å²) in [6, 6.07) is 3.13. The van der Waals surface area contributed by atoms with Gasteiger partial charge < -0.3 is 25.1 Å². The fourth-order valence-electron chi connectivity index (χ4n) is 5.27. The number of benzene rings is 1. The Hall–Kier alpha value is -2.80. The Kier molecular flexibility index (Phi) is 9.46. The van der Waals surface area contributed by atoms with Crippen LogP contribution in [-0.2, 0) is 14.3 Å². The molecule has 3 N–H and O–H groups in total. The lowest BCUT2D eigenvalue weighted by Crippen LogP contribution is -2.30. The van der Waals surface area contributed by atoms with Crippen LogP contribution < -0.4 is 15.2 Å². The summed E-state index contributed by atoms with van der Waals surface area (Å²) in [7, 11) is 0. The zero-order valence-corrected chi connectivity index (χ0v) is 23.0. The lowest BCUT2D eigenvalue weighted by atomic mass is 9.74. The van der Waals surface area contributed by atoms with Gasteiger partial charge in [0.05, 0.1) is 12.0 Å². The number of ether oxygens (including phenoxy) is 3. The van der Waals surface area contributed by atoms with Gasteiger partial charge in [-0.25, -0.2) is 0 Å². The molecule has 0 saturated heterocycles. The SMILES string of the molecule is C=C1Oc2cc(OC(=O)C(C)(C)CCCOC(=O)C[C@@H](CN)CC(C)C)cc(O)c2[C@@H]2C=C(C)CC[C@@H]12. The summed E-state index contributed by atoms with van der Waals surface area (Å²) in [6.45, 7) is 14.7. The van der Waals surface area contributed by atoms with Crippen molar-refractivity contribution in [3.05, 3.63) is 41.7 Å². The molecule has 7 nitrogen and oxygen atoms in total. The average molecular weight is 514 g/mol. The maximum atomic E-state index is 13.0. The van der Waals surface area contributed by atoms with E-state index in [1.54, 1.807) is 19.9 Å². The van der Waals surface area contributed by atoms with Crippen molar-refractivity contribution in [1.82, 2.24) is 0 Å². The number of hydrogen-bond acceptors (Lipinski definition) is 7. The molecule has 204 valence electrons. The fourth-order valence-corrected chi connectivity index (χ4v) is 5.27. The van der Waals surface area contributed by atoms with Crippen molar-refractivity contribution in [3.63, 3.8) is 0 Å². The molecule has 0 unspecified atom stereocenters. The lowest BCUT2D eigenvalue weighted by Gasteiger charge is -2.37. The van der Waals surface area contributed by atoms with E-state index in [1.165, 1.54) is 11.6 Å². The zero-order chi connectivity index (χ0) is 27.3.